The summed E-state index contributed by atoms with van der Waals surface area (Å²) in [4.78, 5) is 15.3. The second-order valence-corrected chi connectivity index (χ2v) is 5.23. The van der Waals surface area contributed by atoms with Crippen LogP contribution in [0.3, 0.4) is 0 Å². The van der Waals surface area contributed by atoms with Gasteiger partial charge in [-0.3, -0.25) is 4.79 Å². The van der Waals surface area contributed by atoms with Crippen molar-refractivity contribution in [3.8, 4) is 0 Å². The number of nitrogen functional groups attached to an aromatic ring is 1. The fourth-order valence-corrected chi connectivity index (χ4v) is 1.52. The van der Waals surface area contributed by atoms with Crippen LogP contribution in [0, 0.1) is 0 Å². The van der Waals surface area contributed by atoms with Crippen molar-refractivity contribution in [1.29, 1.82) is 0 Å². The van der Waals surface area contributed by atoms with Gasteiger partial charge in [0, 0.05) is 13.1 Å². The molecule has 1 aromatic rings. The van der Waals surface area contributed by atoms with Crippen molar-refractivity contribution in [3.63, 3.8) is 0 Å². The maximum atomic E-state index is 11.5. The number of carbonyl (C=O) groups is 1. The van der Waals surface area contributed by atoms with Gasteiger partial charge >= 0.3 is 0 Å². The lowest BCUT2D eigenvalue weighted by molar-refractivity contribution is 0.0949. The van der Waals surface area contributed by atoms with Crippen LogP contribution in [0.5, 0.6) is 0 Å². The number of nitrogens with two attached hydrogens (primary N) is 1. The van der Waals surface area contributed by atoms with E-state index < -0.39 is 10.0 Å². The van der Waals surface area contributed by atoms with Crippen molar-refractivity contribution < 1.29 is 13.2 Å². The van der Waals surface area contributed by atoms with E-state index in [1.54, 1.807) is 6.07 Å². The molecule has 1 rings (SSSR count). The Morgan fingerprint density at radius 2 is 2.12 bits per heavy atom. The van der Waals surface area contributed by atoms with Crippen LogP contribution in [0.4, 0.5) is 5.69 Å². The molecule has 0 bridgehead atoms. The maximum absolute atomic E-state index is 11.5. The molecule has 0 radical (unpaired) electrons. The third-order valence-electron chi connectivity index (χ3n) is 1.79. The maximum Gasteiger partial charge on any atom is 0.269 e. The molecule has 0 aromatic carbocycles. The van der Waals surface area contributed by atoms with Crippen molar-refractivity contribution in [2.24, 2.45) is 0 Å². The Morgan fingerprint density at radius 3 is 2.65 bits per heavy atom. The van der Waals surface area contributed by atoms with Crippen molar-refractivity contribution >= 4 is 21.6 Å². The van der Waals surface area contributed by atoms with Gasteiger partial charge in [0.1, 0.15) is 5.69 Å². The molecule has 1 heterocycles. The number of hydrogen-bond acceptors (Lipinski definition) is 5. The van der Waals surface area contributed by atoms with Crippen LogP contribution in [0.15, 0.2) is 18.3 Å². The van der Waals surface area contributed by atoms with E-state index in [1.807, 2.05) is 0 Å². The number of amides is 1. The van der Waals surface area contributed by atoms with E-state index >= 15 is 0 Å². The van der Waals surface area contributed by atoms with Crippen LogP contribution in [0.1, 0.15) is 10.5 Å². The average Bonchev–Trinajstić information content (AvgIpc) is 2.24. The van der Waals surface area contributed by atoms with E-state index in [0.717, 1.165) is 6.26 Å². The second kappa shape index (κ2) is 5.60. The van der Waals surface area contributed by atoms with Gasteiger partial charge in [-0.2, -0.15) is 0 Å². The van der Waals surface area contributed by atoms with Crippen LogP contribution < -0.4 is 15.8 Å². The highest BCUT2D eigenvalue weighted by molar-refractivity contribution is 7.88. The van der Waals surface area contributed by atoms with Crippen molar-refractivity contribution in [2.45, 2.75) is 0 Å². The second-order valence-electron chi connectivity index (χ2n) is 3.40. The molecule has 0 unspecified atom stereocenters. The molecule has 94 valence electrons. The number of hydrogen-bond donors (Lipinski definition) is 3. The minimum absolute atomic E-state index is 0.138. The monoisotopic (exact) mass is 258 g/mol. The fraction of sp³-hybridized carbons (Fsp3) is 0.333. The molecule has 8 heteroatoms. The van der Waals surface area contributed by atoms with Crippen LogP contribution in [-0.2, 0) is 10.0 Å². The minimum Gasteiger partial charge on any atom is -0.397 e. The van der Waals surface area contributed by atoms with E-state index in [4.69, 9.17) is 5.73 Å². The van der Waals surface area contributed by atoms with Crippen molar-refractivity contribution in [1.82, 2.24) is 15.0 Å². The molecular formula is C9H14N4O3S. The standard InChI is InChI=1S/C9H14N4O3S/c1-17(15,16)13-5-4-11-9(14)8-3-2-7(10)6-12-8/h2-3,6,13H,4-5,10H2,1H3,(H,11,14). The number of rotatable bonds is 5. The van der Waals surface area contributed by atoms with Crippen LogP contribution in [0.25, 0.3) is 0 Å². The minimum atomic E-state index is -3.23. The van der Waals surface area contributed by atoms with E-state index in [9.17, 15) is 13.2 Å². The zero-order chi connectivity index (χ0) is 12.9. The third-order valence-corrected chi connectivity index (χ3v) is 2.52. The Hall–Kier alpha value is -1.67. The smallest absolute Gasteiger partial charge is 0.269 e. The van der Waals surface area contributed by atoms with Gasteiger partial charge in [0.25, 0.3) is 5.91 Å². The zero-order valence-electron chi connectivity index (χ0n) is 9.30. The average molecular weight is 258 g/mol. The first-order chi connectivity index (χ1) is 7.88. The SMILES string of the molecule is CS(=O)(=O)NCCNC(=O)c1ccc(N)cn1. The third kappa shape index (κ3) is 5.27. The Balaban J connectivity index is 2.38. The fourth-order valence-electron chi connectivity index (χ4n) is 1.04. The summed E-state index contributed by atoms with van der Waals surface area (Å²) < 4.78 is 23.7. The molecule has 0 saturated heterocycles. The molecule has 0 aliphatic heterocycles. The molecule has 0 saturated carbocycles. The molecule has 7 nitrogen and oxygen atoms in total. The molecule has 1 aromatic heterocycles. The van der Waals surface area contributed by atoms with Crippen molar-refractivity contribution in [3.05, 3.63) is 24.0 Å². The number of nitrogens with one attached hydrogen (secondary N) is 2. The van der Waals surface area contributed by atoms with Gasteiger partial charge in [0.2, 0.25) is 10.0 Å². The molecule has 1 amide bonds. The van der Waals surface area contributed by atoms with Gasteiger partial charge in [-0.25, -0.2) is 18.1 Å². The van der Waals surface area contributed by atoms with E-state index in [1.165, 1.54) is 12.3 Å². The largest absolute Gasteiger partial charge is 0.397 e. The van der Waals surface area contributed by atoms with E-state index in [-0.39, 0.29) is 24.7 Å². The Kier molecular flexibility index (Phi) is 4.41. The first kappa shape index (κ1) is 13.4. The number of carbonyl (C=O) groups excluding carboxylic acids is 1. The topological polar surface area (TPSA) is 114 Å². The normalized spacial score (nSPS) is 11.1. The number of aromatic nitrogens is 1. The molecule has 0 aliphatic rings. The predicted molar refractivity (Wildman–Crippen MR) is 63.8 cm³/mol. The van der Waals surface area contributed by atoms with Crippen molar-refractivity contribution in [2.75, 3.05) is 25.1 Å². The molecular weight excluding hydrogens is 244 g/mol. The first-order valence-electron chi connectivity index (χ1n) is 4.83. The van der Waals surface area contributed by atoms with Gasteiger partial charge in [-0.05, 0) is 12.1 Å². The summed E-state index contributed by atoms with van der Waals surface area (Å²) in [5, 5.41) is 2.52. The number of nitrogens with zero attached hydrogens (tertiary/aromatic N) is 1. The zero-order valence-corrected chi connectivity index (χ0v) is 10.1. The molecule has 4 N–H and O–H groups in total. The molecule has 0 fully saturated rings. The summed E-state index contributed by atoms with van der Waals surface area (Å²) in [7, 11) is -3.23. The Bertz CT molecular complexity index is 483. The quantitative estimate of drug-likeness (QED) is 0.583. The van der Waals surface area contributed by atoms with E-state index in [2.05, 4.69) is 15.0 Å². The Labute approximate surface area is 99.5 Å². The first-order valence-corrected chi connectivity index (χ1v) is 6.72. The summed E-state index contributed by atoms with van der Waals surface area (Å²) in [5.74, 6) is -0.375. The highest BCUT2D eigenvalue weighted by Crippen LogP contribution is 2.00. The van der Waals surface area contributed by atoms with Gasteiger partial charge in [0.05, 0.1) is 18.1 Å². The highest BCUT2D eigenvalue weighted by atomic mass is 32.2. The lowest BCUT2D eigenvalue weighted by Crippen LogP contribution is -2.34. The summed E-state index contributed by atoms with van der Waals surface area (Å²) in [6.45, 7) is 0.331. The van der Waals surface area contributed by atoms with E-state index in [0.29, 0.717) is 5.69 Å². The highest BCUT2D eigenvalue weighted by Gasteiger charge is 2.06. The van der Waals surface area contributed by atoms with Crippen LogP contribution >= 0.6 is 0 Å². The summed E-state index contributed by atoms with van der Waals surface area (Å²) in [5.41, 5.74) is 6.13. The number of pyridine rings is 1. The van der Waals surface area contributed by atoms with Gasteiger partial charge in [-0.15, -0.1) is 0 Å². The molecule has 17 heavy (non-hydrogen) atoms. The van der Waals surface area contributed by atoms with Gasteiger partial charge < -0.3 is 11.1 Å². The molecule has 0 atom stereocenters. The molecule has 0 spiro atoms. The van der Waals surface area contributed by atoms with Gasteiger partial charge in [-0.1, -0.05) is 0 Å². The summed E-state index contributed by atoms with van der Waals surface area (Å²) in [6, 6.07) is 3.06. The van der Waals surface area contributed by atoms with Gasteiger partial charge in [0.15, 0.2) is 0 Å². The van der Waals surface area contributed by atoms with Crippen LogP contribution in [0.2, 0.25) is 0 Å². The predicted octanol–water partition coefficient (Wildman–Crippen LogP) is -1.06. The number of sulfonamides is 1. The van der Waals surface area contributed by atoms with Crippen LogP contribution in [-0.4, -0.2) is 38.7 Å². The molecule has 0 aliphatic carbocycles. The number of anilines is 1. The Morgan fingerprint density at radius 1 is 1.41 bits per heavy atom. The summed E-state index contributed by atoms with van der Waals surface area (Å²) in [6.07, 6.45) is 2.43. The lowest BCUT2D eigenvalue weighted by atomic mass is 10.3. The lowest BCUT2D eigenvalue weighted by Gasteiger charge is -2.05. The summed E-state index contributed by atoms with van der Waals surface area (Å²) >= 11 is 0.